The van der Waals surface area contributed by atoms with E-state index in [9.17, 15) is 0 Å². The van der Waals surface area contributed by atoms with Crippen LogP contribution in [0.4, 0.5) is 0 Å². The Hall–Kier alpha value is -0.790. The first-order valence-corrected chi connectivity index (χ1v) is 4.84. The van der Waals surface area contributed by atoms with Crippen molar-refractivity contribution in [3.63, 3.8) is 0 Å². The van der Waals surface area contributed by atoms with Gasteiger partial charge < -0.3 is 4.57 Å². The largest absolute Gasteiger partial charge is 0.331 e. The second kappa shape index (κ2) is 2.92. The minimum Gasteiger partial charge on any atom is -0.331 e. The number of nitrogens with zero attached hydrogens (tertiary/aromatic N) is 2. The Morgan fingerprint density at radius 2 is 2.42 bits per heavy atom. The number of imidazole rings is 1. The first-order valence-electron chi connectivity index (χ1n) is 4.84. The molecule has 0 saturated heterocycles. The fraction of sp³-hybridized carbons (Fsp3) is 0.700. The molecule has 1 aliphatic carbocycles. The van der Waals surface area contributed by atoms with Crippen molar-refractivity contribution in [2.45, 2.75) is 45.1 Å². The zero-order chi connectivity index (χ0) is 8.55. The molecule has 0 radical (unpaired) electrons. The van der Waals surface area contributed by atoms with Crippen LogP contribution in [0.2, 0.25) is 0 Å². The van der Waals surface area contributed by atoms with Gasteiger partial charge in [-0.05, 0) is 25.2 Å². The summed E-state index contributed by atoms with van der Waals surface area (Å²) in [5.41, 5.74) is 1.42. The molecule has 1 aromatic rings. The summed E-state index contributed by atoms with van der Waals surface area (Å²) >= 11 is 0. The Balaban J connectivity index is 2.23. The molecular formula is C10H16N2. The van der Waals surface area contributed by atoms with Gasteiger partial charge in [0.25, 0.3) is 0 Å². The van der Waals surface area contributed by atoms with Gasteiger partial charge in [0.2, 0.25) is 0 Å². The van der Waals surface area contributed by atoms with Crippen molar-refractivity contribution in [3.05, 3.63) is 18.2 Å². The van der Waals surface area contributed by atoms with Crippen LogP contribution in [-0.4, -0.2) is 9.55 Å². The number of aromatic nitrogens is 2. The molecular weight excluding hydrogens is 148 g/mol. The van der Waals surface area contributed by atoms with Crippen LogP contribution in [0, 0.1) is 0 Å². The minimum atomic E-state index is 0.660. The second-order valence-corrected chi connectivity index (χ2v) is 3.77. The summed E-state index contributed by atoms with van der Waals surface area (Å²) in [5, 5.41) is 0. The highest BCUT2D eigenvalue weighted by molar-refractivity contribution is 5.08. The lowest BCUT2D eigenvalue weighted by molar-refractivity contribution is 0.618. The topological polar surface area (TPSA) is 17.8 Å². The Bertz CT molecular complexity index is 261. The first-order chi connectivity index (χ1) is 5.83. The highest BCUT2D eigenvalue weighted by Crippen LogP contribution is 2.37. The molecule has 0 aromatic carbocycles. The van der Waals surface area contributed by atoms with Crippen molar-refractivity contribution in [1.82, 2.24) is 9.55 Å². The zero-order valence-electron chi connectivity index (χ0n) is 7.83. The van der Waals surface area contributed by atoms with Crippen LogP contribution in [-0.2, 0) is 0 Å². The van der Waals surface area contributed by atoms with E-state index in [1.165, 1.54) is 25.0 Å². The molecule has 66 valence electrons. The maximum Gasteiger partial charge on any atom is 0.0950 e. The van der Waals surface area contributed by atoms with E-state index in [-0.39, 0.29) is 0 Å². The summed E-state index contributed by atoms with van der Waals surface area (Å²) in [6, 6.07) is 0.775. The fourth-order valence-electron chi connectivity index (χ4n) is 1.56. The third kappa shape index (κ3) is 1.26. The molecule has 0 N–H and O–H groups in total. The second-order valence-electron chi connectivity index (χ2n) is 3.77. The van der Waals surface area contributed by atoms with E-state index in [1.54, 1.807) is 0 Å². The third-order valence-electron chi connectivity index (χ3n) is 2.75. The predicted molar refractivity (Wildman–Crippen MR) is 49.2 cm³/mol. The lowest BCUT2D eigenvalue weighted by atomic mass is 10.1. The summed E-state index contributed by atoms with van der Waals surface area (Å²) in [4.78, 5) is 4.22. The van der Waals surface area contributed by atoms with Crippen molar-refractivity contribution in [2.24, 2.45) is 0 Å². The smallest absolute Gasteiger partial charge is 0.0950 e. The lowest BCUT2D eigenvalue weighted by Gasteiger charge is -2.11. The molecule has 1 saturated carbocycles. The standard InChI is InChI=1S/C10H16N2/c1-3-8(2)10-6-11-7-12(10)9-4-5-9/h6-9H,3-5H2,1-2H3. The van der Waals surface area contributed by atoms with Gasteiger partial charge in [0.05, 0.1) is 6.33 Å². The molecule has 2 nitrogen and oxygen atoms in total. The fourth-order valence-corrected chi connectivity index (χ4v) is 1.56. The van der Waals surface area contributed by atoms with Crippen LogP contribution in [0.3, 0.4) is 0 Å². The number of hydrogen-bond donors (Lipinski definition) is 0. The van der Waals surface area contributed by atoms with Crippen LogP contribution in [0.25, 0.3) is 0 Å². The molecule has 0 aliphatic heterocycles. The van der Waals surface area contributed by atoms with E-state index in [0.29, 0.717) is 5.92 Å². The van der Waals surface area contributed by atoms with Crippen LogP contribution < -0.4 is 0 Å². The highest BCUT2D eigenvalue weighted by atomic mass is 15.1. The van der Waals surface area contributed by atoms with Crippen LogP contribution >= 0.6 is 0 Å². The first kappa shape index (κ1) is 7.84. The maximum absolute atomic E-state index is 4.22. The molecule has 0 amide bonds. The van der Waals surface area contributed by atoms with Crippen LogP contribution in [0.15, 0.2) is 12.5 Å². The normalized spacial score (nSPS) is 19.5. The summed E-state index contributed by atoms with van der Waals surface area (Å²) in [6.45, 7) is 4.50. The molecule has 0 spiro atoms. The van der Waals surface area contributed by atoms with E-state index in [0.717, 1.165) is 6.04 Å². The van der Waals surface area contributed by atoms with E-state index < -0.39 is 0 Å². The van der Waals surface area contributed by atoms with E-state index in [1.807, 2.05) is 12.5 Å². The molecule has 1 aliphatic rings. The molecule has 2 rings (SSSR count). The summed E-state index contributed by atoms with van der Waals surface area (Å²) in [5.74, 6) is 0.660. The average molecular weight is 164 g/mol. The minimum absolute atomic E-state index is 0.660. The van der Waals surface area contributed by atoms with Gasteiger partial charge in [-0.25, -0.2) is 4.98 Å². The van der Waals surface area contributed by atoms with E-state index >= 15 is 0 Å². The van der Waals surface area contributed by atoms with Gasteiger partial charge in [0.15, 0.2) is 0 Å². The third-order valence-corrected chi connectivity index (χ3v) is 2.75. The molecule has 1 heterocycles. The average Bonchev–Trinajstić information content (AvgIpc) is 2.83. The molecule has 1 atom stereocenters. The van der Waals surface area contributed by atoms with E-state index in [4.69, 9.17) is 0 Å². The van der Waals surface area contributed by atoms with Crippen molar-refractivity contribution in [3.8, 4) is 0 Å². The van der Waals surface area contributed by atoms with E-state index in [2.05, 4.69) is 23.4 Å². The quantitative estimate of drug-likeness (QED) is 0.671. The van der Waals surface area contributed by atoms with Gasteiger partial charge in [-0.2, -0.15) is 0 Å². The Morgan fingerprint density at radius 3 is 3.00 bits per heavy atom. The lowest BCUT2D eigenvalue weighted by Crippen LogP contribution is -2.02. The summed E-state index contributed by atoms with van der Waals surface area (Å²) in [7, 11) is 0. The Kier molecular flexibility index (Phi) is 1.91. The predicted octanol–water partition coefficient (Wildman–Crippen LogP) is 2.73. The summed E-state index contributed by atoms with van der Waals surface area (Å²) < 4.78 is 2.36. The van der Waals surface area contributed by atoms with Crippen molar-refractivity contribution < 1.29 is 0 Å². The zero-order valence-corrected chi connectivity index (χ0v) is 7.83. The maximum atomic E-state index is 4.22. The highest BCUT2D eigenvalue weighted by Gasteiger charge is 2.26. The Morgan fingerprint density at radius 1 is 1.67 bits per heavy atom. The molecule has 1 unspecified atom stereocenters. The molecule has 1 aromatic heterocycles. The van der Waals surface area contributed by atoms with Crippen molar-refractivity contribution in [1.29, 1.82) is 0 Å². The van der Waals surface area contributed by atoms with Crippen LogP contribution in [0.1, 0.15) is 50.8 Å². The van der Waals surface area contributed by atoms with Gasteiger partial charge in [-0.15, -0.1) is 0 Å². The Labute approximate surface area is 73.6 Å². The molecule has 0 bridgehead atoms. The summed E-state index contributed by atoms with van der Waals surface area (Å²) in [6.07, 6.45) is 7.91. The van der Waals surface area contributed by atoms with Crippen molar-refractivity contribution in [2.75, 3.05) is 0 Å². The molecule has 2 heteroatoms. The van der Waals surface area contributed by atoms with Gasteiger partial charge in [-0.1, -0.05) is 13.8 Å². The van der Waals surface area contributed by atoms with Gasteiger partial charge in [-0.3, -0.25) is 0 Å². The van der Waals surface area contributed by atoms with Gasteiger partial charge in [0, 0.05) is 17.9 Å². The van der Waals surface area contributed by atoms with Gasteiger partial charge >= 0.3 is 0 Å². The number of rotatable bonds is 3. The molecule has 12 heavy (non-hydrogen) atoms. The van der Waals surface area contributed by atoms with Crippen LogP contribution in [0.5, 0.6) is 0 Å². The monoisotopic (exact) mass is 164 g/mol. The number of hydrogen-bond acceptors (Lipinski definition) is 1. The SMILES string of the molecule is CCC(C)c1cncn1C1CC1. The van der Waals surface area contributed by atoms with Gasteiger partial charge in [0.1, 0.15) is 0 Å². The molecule has 1 fully saturated rings. The van der Waals surface area contributed by atoms with Crippen molar-refractivity contribution >= 4 is 0 Å².